The molecule has 0 aliphatic heterocycles. The van der Waals surface area contributed by atoms with E-state index in [1.165, 1.54) is 57.8 Å². The molecule has 0 aromatic heterocycles. The Morgan fingerprint density at radius 2 is 1.64 bits per heavy atom. The normalized spacial score (nSPS) is 27.4. The summed E-state index contributed by atoms with van der Waals surface area (Å²) in [7, 11) is 0. The van der Waals surface area contributed by atoms with Crippen LogP contribution >= 0.6 is 0 Å². The molecule has 2 fully saturated rings. The standard InChI is InChI=1S/C12H21NO/c14-10-13-12(8-4-1-5-9-12)11-6-2-3-7-11/h10-11H,1-9H2,(H,13,14). The van der Waals surface area contributed by atoms with Crippen LogP contribution in [0.15, 0.2) is 0 Å². The summed E-state index contributed by atoms with van der Waals surface area (Å²) in [5.41, 5.74) is 0.191. The first-order valence-corrected chi connectivity index (χ1v) is 6.09. The molecule has 2 aliphatic carbocycles. The van der Waals surface area contributed by atoms with Gasteiger partial charge in [0.1, 0.15) is 0 Å². The van der Waals surface area contributed by atoms with Gasteiger partial charge in [0.2, 0.25) is 6.41 Å². The minimum atomic E-state index is 0.191. The molecule has 2 nitrogen and oxygen atoms in total. The highest BCUT2D eigenvalue weighted by molar-refractivity contribution is 5.48. The van der Waals surface area contributed by atoms with Gasteiger partial charge >= 0.3 is 0 Å². The minimum absolute atomic E-state index is 0.191. The van der Waals surface area contributed by atoms with Crippen LogP contribution in [-0.4, -0.2) is 11.9 Å². The van der Waals surface area contributed by atoms with E-state index < -0.39 is 0 Å². The molecule has 2 saturated carbocycles. The molecule has 0 saturated heterocycles. The summed E-state index contributed by atoms with van der Waals surface area (Å²) in [6, 6.07) is 0. The first-order chi connectivity index (χ1) is 6.87. The quantitative estimate of drug-likeness (QED) is 0.689. The molecule has 2 heteroatoms. The summed E-state index contributed by atoms with van der Waals surface area (Å²) >= 11 is 0. The van der Waals surface area contributed by atoms with E-state index in [1.54, 1.807) is 0 Å². The zero-order valence-electron chi connectivity index (χ0n) is 8.93. The van der Waals surface area contributed by atoms with E-state index in [4.69, 9.17) is 0 Å². The highest BCUT2D eigenvalue weighted by atomic mass is 16.1. The zero-order valence-corrected chi connectivity index (χ0v) is 8.93. The van der Waals surface area contributed by atoms with E-state index in [1.807, 2.05) is 0 Å². The van der Waals surface area contributed by atoms with Gasteiger partial charge in [0.15, 0.2) is 0 Å². The molecular formula is C12H21NO. The molecule has 1 amide bonds. The van der Waals surface area contributed by atoms with Crippen LogP contribution in [0.25, 0.3) is 0 Å². The summed E-state index contributed by atoms with van der Waals surface area (Å²) in [6.07, 6.45) is 12.7. The van der Waals surface area contributed by atoms with Crippen LogP contribution in [0.3, 0.4) is 0 Å². The highest BCUT2D eigenvalue weighted by Crippen LogP contribution is 2.42. The van der Waals surface area contributed by atoms with Gasteiger partial charge in [-0.1, -0.05) is 32.1 Å². The van der Waals surface area contributed by atoms with Gasteiger partial charge in [-0.3, -0.25) is 4.79 Å². The third-order valence-corrected chi connectivity index (χ3v) is 4.23. The number of hydrogen-bond donors (Lipinski definition) is 1. The second kappa shape index (κ2) is 4.33. The van der Waals surface area contributed by atoms with E-state index in [2.05, 4.69) is 5.32 Å². The van der Waals surface area contributed by atoms with Gasteiger partial charge in [-0.25, -0.2) is 0 Å². The predicted molar refractivity (Wildman–Crippen MR) is 57.0 cm³/mol. The molecule has 1 N–H and O–H groups in total. The number of amides is 1. The average molecular weight is 195 g/mol. The van der Waals surface area contributed by atoms with Crippen molar-refractivity contribution in [3.8, 4) is 0 Å². The first kappa shape index (κ1) is 10.0. The summed E-state index contributed by atoms with van der Waals surface area (Å²) in [5.74, 6) is 0.771. The lowest BCUT2D eigenvalue weighted by Crippen LogP contribution is -2.51. The Balaban J connectivity index is 2.06. The van der Waals surface area contributed by atoms with Crippen molar-refractivity contribution in [3.63, 3.8) is 0 Å². The SMILES string of the molecule is O=CNC1(C2CCCC2)CCCCC1. The molecule has 0 radical (unpaired) electrons. The molecular weight excluding hydrogens is 174 g/mol. The van der Waals surface area contributed by atoms with Crippen LogP contribution in [0, 0.1) is 5.92 Å². The van der Waals surface area contributed by atoms with Crippen molar-refractivity contribution in [2.45, 2.75) is 63.3 Å². The average Bonchev–Trinajstić information content (AvgIpc) is 2.73. The van der Waals surface area contributed by atoms with Crippen molar-refractivity contribution in [2.24, 2.45) is 5.92 Å². The molecule has 0 aromatic carbocycles. The molecule has 14 heavy (non-hydrogen) atoms. The Morgan fingerprint density at radius 3 is 2.21 bits per heavy atom. The predicted octanol–water partition coefficient (Wildman–Crippen LogP) is 2.63. The van der Waals surface area contributed by atoms with Gasteiger partial charge in [0, 0.05) is 5.54 Å². The van der Waals surface area contributed by atoms with Crippen molar-refractivity contribution in [1.82, 2.24) is 5.32 Å². The number of hydrogen-bond acceptors (Lipinski definition) is 1. The largest absolute Gasteiger partial charge is 0.353 e. The van der Waals surface area contributed by atoms with Crippen LogP contribution in [0.4, 0.5) is 0 Å². The van der Waals surface area contributed by atoms with E-state index >= 15 is 0 Å². The molecule has 2 rings (SSSR count). The molecule has 2 aliphatic rings. The molecule has 0 bridgehead atoms. The fourth-order valence-corrected chi connectivity index (χ4v) is 3.45. The highest BCUT2D eigenvalue weighted by Gasteiger charge is 2.40. The van der Waals surface area contributed by atoms with Crippen LogP contribution < -0.4 is 5.32 Å². The second-order valence-electron chi connectivity index (χ2n) is 4.96. The van der Waals surface area contributed by atoms with E-state index in [0.717, 1.165) is 12.3 Å². The summed E-state index contributed by atoms with van der Waals surface area (Å²) < 4.78 is 0. The fourth-order valence-electron chi connectivity index (χ4n) is 3.45. The Hall–Kier alpha value is -0.530. The topological polar surface area (TPSA) is 29.1 Å². The summed E-state index contributed by atoms with van der Waals surface area (Å²) in [6.45, 7) is 0. The van der Waals surface area contributed by atoms with Gasteiger partial charge in [-0.15, -0.1) is 0 Å². The van der Waals surface area contributed by atoms with Crippen molar-refractivity contribution >= 4 is 6.41 Å². The van der Waals surface area contributed by atoms with Crippen LogP contribution in [-0.2, 0) is 4.79 Å². The lowest BCUT2D eigenvalue weighted by atomic mass is 9.72. The third-order valence-electron chi connectivity index (χ3n) is 4.23. The van der Waals surface area contributed by atoms with Crippen molar-refractivity contribution in [3.05, 3.63) is 0 Å². The maximum Gasteiger partial charge on any atom is 0.207 e. The maximum atomic E-state index is 10.7. The summed E-state index contributed by atoms with van der Waals surface area (Å²) in [5, 5.41) is 3.16. The van der Waals surface area contributed by atoms with E-state index in [0.29, 0.717) is 0 Å². The van der Waals surface area contributed by atoms with Crippen molar-refractivity contribution in [2.75, 3.05) is 0 Å². The summed E-state index contributed by atoms with van der Waals surface area (Å²) in [4.78, 5) is 10.7. The van der Waals surface area contributed by atoms with Crippen molar-refractivity contribution in [1.29, 1.82) is 0 Å². The Bertz CT molecular complexity index is 190. The number of rotatable bonds is 3. The zero-order chi connectivity index (χ0) is 9.86. The minimum Gasteiger partial charge on any atom is -0.353 e. The Labute approximate surface area is 86.5 Å². The smallest absolute Gasteiger partial charge is 0.207 e. The number of nitrogens with one attached hydrogen (secondary N) is 1. The molecule has 0 unspecified atom stereocenters. The maximum absolute atomic E-state index is 10.7. The second-order valence-corrected chi connectivity index (χ2v) is 4.96. The Morgan fingerprint density at radius 1 is 1.00 bits per heavy atom. The molecule has 80 valence electrons. The third kappa shape index (κ3) is 1.79. The van der Waals surface area contributed by atoms with Crippen LogP contribution in [0.5, 0.6) is 0 Å². The van der Waals surface area contributed by atoms with Gasteiger partial charge in [-0.05, 0) is 31.6 Å². The van der Waals surface area contributed by atoms with Gasteiger partial charge in [-0.2, -0.15) is 0 Å². The van der Waals surface area contributed by atoms with Gasteiger partial charge in [0.05, 0.1) is 0 Å². The van der Waals surface area contributed by atoms with E-state index in [-0.39, 0.29) is 5.54 Å². The first-order valence-electron chi connectivity index (χ1n) is 6.09. The lowest BCUT2D eigenvalue weighted by Gasteiger charge is -2.42. The monoisotopic (exact) mass is 195 g/mol. The van der Waals surface area contributed by atoms with Crippen molar-refractivity contribution < 1.29 is 4.79 Å². The van der Waals surface area contributed by atoms with Crippen LogP contribution in [0.2, 0.25) is 0 Å². The van der Waals surface area contributed by atoms with Gasteiger partial charge < -0.3 is 5.32 Å². The van der Waals surface area contributed by atoms with Gasteiger partial charge in [0.25, 0.3) is 0 Å². The molecule has 0 aromatic rings. The molecule has 0 atom stereocenters. The van der Waals surface area contributed by atoms with E-state index in [9.17, 15) is 4.79 Å². The number of carbonyl (C=O) groups is 1. The molecule has 0 spiro atoms. The molecule has 0 heterocycles. The Kier molecular flexibility index (Phi) is 3.09. The lowest BCUT2D eigenvalue weighted by molar-refractivity contribution is -0.112. The van der Waals surface area contributed by atoms with Crippen LogP contribution in [0.1, 0.15) is 57.8 Å². The number of carbonyl (C=O) groups excluding carboxylic acids is 1. The fraction of sp³-hybridized carbons (Fsp3) is 0.917.